The molecule has 0 spiro atoms. The highest BCUT2D eigenvalue weighted by molar-refractivity contribution is 5.85. The molecule has 3 aliphatic heterocycles. The Labute approximate surface area is 152 Å². The average Bonchev–Trinajstić information content (AvgIpc) is 2.69. The normalized spacial score (nSPS) is 26.9. The molecule has 3 aliphatic rings. The molecule has 5 heteroatoms. The Hall–Kier alpha value is -2.37. The molecule has 0 amide bonds. The Morgan fingerprint density at radius 3 is 2.35 bits per heavy atom. The lowest BCUT2D eigenvalue weighted by molar-refractivity contribution is -0.177. The Morgan fingerprint density at radius 2 is 1.73 bits per heavy atom. The van der Waals surface area contributed by atoms with Crippen LogP contribution >= 0.6 is 0 Å². The number of hydrogen-bond acceptors (Lipinski definition) is 5. The third-order valence-corrected chi connectivity index (χ3v) is 5.61. The van der Waals surface area contributed by atoms with E-state index in [1.54, 1.807) is 36.4 Å². The van der Waals surface area contributed by atoms with E-state index < -0.39 is 11.6 Å². The van der Waals surface area contributed by atoms with Crippen LogP contribution in [-0.4, -0.2) is 46.8 Å². The highest BCUT2D eigenvalue weighted by atomic mass is 16.6. The molecule has 3 fully saturated rings. The second-order valence-corrected chi connectivity index (χ2v) is 7.21. The van der Waals surface area contributed by atoms with Gasteiger partial charge in [-0.15, -0.1) is 0 Å². The number of ether oxygens (including phenoxy) is 1. The maximum atomic E-state index is 13.1. The summed E-state index contributed by atoms with van der Waals surface area (Å²) in [5, 5.41) is 21.3. The molecule has 3 heterocycles. The molecule has 2 aromatic rings. The van der Waals surface area contributed by atoms with Gasteiger partial charge in [0.15, 0.2) is 0 Å². The van der Waals surface area contributed by atoms with Crippen LogP contribution in [0.15, 0.2) is 54.6 Å². The predicted octanol–water partition coefficient (Wildman–Crippen LogP) is 2.27. The van der Waals surface area contributed by atoms with Crippen molar-refractivity contribution in [2.45, 2.75) is 24.5 Å². The highest BCUT2D eigenvalue weighted by Crippen LogP contribution is 2.36. The number of fused-ring (bicyclic) bond motifs is 3. The maximum absolute atomic E-state index is 13.1. The smallest absolute Gasteiger partial charge is 0.348 e. The molecule has 5 rings (SSSR count). The minimum Gasteiger partial charge on any atom is -0.508 e. The molecule has 0 aromatic heterocycles. The van der Waals surface area contributed by atoms with Gasteiger partial charge in [0.05, 0.1) is 0 Å². The van der Waals surface area contributed by atoms with Crippen LogP contribution in [0.4, 0.5) is 0 Å². The molecule has 2 atom stereocenters. The summed E-state index contributed by atoms with van der Waals surface area (Å²) in [6, 6.07) is 14.9. The Kier molecular flexibility index (Phi) is 4.42. The Morgan fingerprint density at radius 1 is 1.04 bits per heavy atom. The van der Waals surface area contributed by atoms with Crippen molar-refractivity contribution in [2.24, 2.45) is 5.92 Å². The van der Waals surface area contributed by atoms with Crippen LogP contribution in [0.2, 0.25) is 0 Å². The number of carbonyl (C=O) groups excluding carboxylic acids is 1. The Bertz CT molecular complexity index is 786. The van der Waals surface area contributed by atoms with Crippen molar-refractivity contribution >= 4 is 5.97 Å². The number of piperidine rings is 3. The van der Waals surface area contributed by atoms with E-state index in [9.17, 15) is 15.0 Å². The highest BCUT2D eigenvalue weighted by Gasteiger charge is 2.45. The van der Waals surface area contributed by atoms with Crippen molar-refractivity contribution in [1.29, 1.82) is 0 Å². The van der Waals surface area contributed by atoms with Crippen molar-refractivity contribution in [3.63, 3.8) is 0 Å². The zero-order chi connectivity index (χ0) is 18.1. The fourth-order valence-corrected chi connectivity index (χ4v) is 4.08. The number of aliphatic hydroxyl groups is 1. The third kappa shape index (κ3) is 2.97. The largest absolute Gasteiger partial charge is 0.508 e. The van der Waals surface area contributed by atoms with Crippen molar-refractivity contribution in [3.8, 4) is 5.75 Å². The van der Waals surface area contributed by atoms with E-state index in [-0.39, 0.29) is 11.9 Å². The molecule has 5 nitrogen and oxygen atoms in total. The second kappa shape index (κ2) is 6.74. The molecule has 2 N–H and O–H groups in total. The summed E-state index contributed by atoms with van der Waals surface area (Å²) in [7, 11) is 0. The number of benzene rings is 2. The molecule has 26 heavy (non-hydrogen) atoms. The first-order valence-electron chi connectivity index (χ1n) is 9.08. The number of phenolic OH excluding ortho intramolecular Hbond substituents is 1. The summed E-state index contributed by atoms with van der Waals surface area (Å²) in [6.45, 7) is 2.82. The van der Waals surface area contributed by atoms with Gasteiger partial charge in [-0.05, 0) is 49.5 Å². The van der Waals surface area contributed by atoms with E-state index in [0.29, 0.717) is 17.0 Å². The van der Waals surface area contributed by atoms with E-state index in [1.807, 2.05) is 6.07 Å². The van der Waals surface area contributed by atoms with Crippen molar-refractivity contribution in [3.05, 3.63) is 65.7 Å². The van der Waals surface area contributed by atoms with Gasteiger partial charge in [-0.1, -0.05) is 42.5 Å². The van der Waals surface area contributed by atoms with Gasteiger partial charge in [-0.3, -0.25) is 4.90 Å². The third-order valence-electron chi connectivity index (χ3n) is 5.61. The van der Waals surface area contributed by atoms with Gasteiger partial charge in [0.2, 0.25) is 5.60 Å². The molecule has 136 valence electrons. The molecule has 2 aromatic carbocycles. The summed E-state index contributed by atoms with van der Waals surface area (Å²) >= 11 is 0. The number of nitrogens with zero attached hydrogens (tertiary/aromatic N) is 1. The molecule has 0 saturated carbocycles. The maximum Gasteiger partial charge on any atom is 0.348 e. The molecule has 2 bridgehead atoms. The number of phenols is 1. The van der Waals surface area contributed by atoms with E-state index in [1.165, 1.54) is 12.1 Å². The minimum absolute atomic E-state index is 0.00695. The number of esters is 1. The first-order chi connectivity index (χ1) is 12.6. The van der Waals surface area contributed by atoms with E-state index in [4.69, 9.17) is 4.74 Å². The van der Waals surface area contributed by atoms with Gasteiger partial charge < -0.3 is 14.9 Å². The van der Waals surface area contributed by atoms with Gasteiger partial charge >= 0.3 is 5.97 Å². The van der Waals surface area contributed by atoms with Gasteiger partial charge in [0, 0.05) is 12.1 Å². The van der Waals surface area contributed by atoms with E-state index in [2.05, 4.69) is 4.90 Å². The summed E-state index contributed by atoms with van der Waals surface area (Å²) in [6.07, 6.45) is 1.85. The zero-order valence-electron chi connectivity index (χ0n) is 14.5. The summed E-state index contributed by atoms with van der Waals surface area (Å²) < 4.78 is 5.83. The molecule has 0 unspecified atom stereocenters. The fourth-order valence-electron chi connectivity index (χ4n) is 4.08. The molecule has 0 radical (unpaired) electrons. The molecular weight excluding hydrogens is 330 g/mol. The lowest BCUT2D eigenvalue weighted by Crippen LogP contribution is -2.53. The lowest BCUT2D eigenvalue weighted by Gasteiger charge is -2.44. The monoisotopic (exact) mass is 353 g/mol. The quantitative estimate of drug-likeness (QED) is 0.825. The van der Waals surface area contributed by atoms with Crippen molar-refractivity contribution in [2.75, 3.05) is 19.6 Å². The molecule has 3 saturated heterocycles. The van der Waals surface area contributed by atoms with Gasteiger partial charge in [0.25, 0.3) is 0 Å². The van der Waals surface area contributed by atoms with Gasteiger partial charge in [-0.25, -0.2) is 4.79 Å². The molecule has 0 aliphatic carbocycles. The van der Waals surface area contributed by atoms with Crippen LogP contribution < -0.4 is 0 Å². The fraction of sp³-hybridized carbons (Fsp3) is 0.381. The summed E-state index contributed by atoms with van der Waals surface area (Å²) in [5.41, 5.74) is -1.22. The van der Waals surface area contributed by atoms with Gasteiger partial charge in [-0.2, -0.15) is 0 Å². The number of carbonyl (C=O) groups is 1. The number of hydrogen-bond donors (Lipinski definition) is 2. The lowest BCUT2D eigenvalue weighted by atomic mass is 9.84. The first kappa shape index (κ1) is 17.1. The van der Waals surface area contributed by atoms with Gasteiger partial charge in [0.1, 0.15) is 11.9 Å². The van der Waals surface area contributed by atoms with Crippen molar-refractivity contribution in [1.82, 2.24) is 4.90 Å². The number of rotatable bonds is 4. The number of aromatic hydroxyl groups is 1. The minimum atomic E-state index is -1.95. The molecular formula is C21H23NO4. The Balaban J connectivity index is 1.68. The average molecular weight is 353 g/mol. The van der Waals surface area contributed by atoms with Crippen LogP contribution in [0.1, 0.15) is 24.0 Å². The zero-order valence-corrected chi connectivity index (χ0v) is 14.5. The first-order valence-corrected chi connectivity index (χ1v) is 9.08. The SMILES string of the molecule is O=C(O[C@@H]1CN2CCC1CC2)[C@@](O)(c1ccccc1)c1cccc(O)c1. The second-order valence-electron chi connectivity index (χ2n) is 7.21. The van der Waals surface area contributed by atoms with Crippen molar-refractivity contribution < 1.29 is 19.7 Å². The summed E-state index contributed by atoms with van der Waals surface area (Å²) in [4.78, 5) is 15.4. The summed E-state index contributed by atoms with van der Waals surface area (Å²) in [5.74, 6) is -0.339. The van der Waals surface area contributed by atoms with Crippen LogP contribution in [0.5, 0.6) is 5.75 Å². The topological polar surface area (TPSA) is 70.0 Å². The standard InChI is InChI=1S/C21H23NO4/c23-18-8-4-7-17(13-18)21(25,16-5-2-1-3-6-16)20(24)26-19-14-22-11-9-15(19)10-12-22/h1-8,13,15,19,23,25H,9-12,14H2/t19-,21-/m1/s1. The predicted molar refractivity (Wildman–Crippen MR) is 96.6 cm³/mol. The van der Waals surface area contributed by atoms with Crippen LogP contribution in [0, 0.1) is 5.92 Å². The van der Waals surface area contributed by atoms with E-state index in [0.717, 1.165) is 32.5 Å². The van der Waals surface area contributed by atoms with Crippen LogP contribution in [-0.2, 0) is 15.1 Å². The van der Waals surface area contributed by atoms with E-state index >= 15 is 0 Å². The van der Waals surface area contributed by atoms with Crippen LogP contribution in [0.3, 0.4) is 0 Å². The van der Waals surface area contributed by atoms with Crippen LogP contribution in [0.25, 0.3) is 0 Å².